The van der Waals surface area contributed by atoms with Gasteiger partial charge in [-0.3, -0.25) is 4.98 Å². The zero-order valence-electron chi connectivity index (χ0n) is 11.2. The highest BCUT2D eigenvalue weighted by Crippen LogP contribution is 2.23. The van der Waals surface area contributed by atoms with Crippen LogP contribution < -0.4 is 10.1 Å². The summed E-state index contributed by atoms with van der Waals surface area (Å²) < 4.78 is 20.4. The molecule has 2 aromatic rings. The van der Waals surface area contributed by atoms with Gasteiger partial charge in [0.2, 0.25) is 0 Å². The fourth-order valence-electron chi connectivity index (χ4n) is 1.75. The molecule has 0 radical (unpaired) electrons. The van der Waals surface area contributed by atoms with Gasteiger partial charge in [0.1, 0.15) is 6.61 Å². The maximum absolute atomic E-state index is 13.9. The number of rotatable bonds is 6. The van der Waals surface area contributed by atoms with Crippen LogP contribution in [-0.2, 0) is 13.2 Å². The van der Waals surface area contributed by atoms with Crippen LogP contribution in [0.3, 0.4) is 0 Å². The van der Waals surface area contributed by atoms with Gasteiger partial charge in [-0.2, -0.15) is 0 Å². The molecule has 0 aliphatic carbocycles. The highest BCUT2D eigenvalue weighted by atomic mass is 79.9. The molecule has 20 heavy (non-hydrogen) atoms. The van der Waals surface area contributed by atoms with Gasteiger partial charge >= 0.3 is 0 Å². The highest BCUT2D eigenvalue weighted by Gasteiger charge is 2.10. The summed E-state index contributed by atoms with van der Waals surface area (Å²) in [7, 11) is 0. The van der Waals surface area contributed by atoms with Crippen molar-refractivity contribution in [2.24, 2.45) is 0 Å². The van der Waals surface area contributed by atoms with E-state index in [0.717, 1.165) is 22.3 Å². The van der Waals surface area contributed by atoms with E-state index in [1.807, 2.05) is 25.1 Å². The molecule has 0 amide bonds. The quantitative estimate of drug-likeness (QED) is 0.872. The molecule has 0 saturated heterocycles. The number of halogens is 2. The minimum atomic E-state index is -0.350. The summed E-state index contributed by atoms with van der Waals surface area (Å²) in [5.41, 5.74) is 1.56. The zero-order chi connectivity index (χ0) is 14.4. The smallest absolute Gasteiger partial charge is 0.165 e. The van der Waals surface area contributed by atoms with E-state index in [1.54, 1.807) is 12.3 Å². The Kier molecular flexibility index (Phi) is 5.49. The van der Waals surface area contributed by atoms with E-state index in [2.05, 4.69) is 26.2 Å². The fraction of sp³-hybridized carbons (Fsp3) is 0.267. The maximum atomic E-state index is 13.9. The normalized spacial score (nSPS) is 10.6. The standard InChI is InChI=1S/C15H16BrFN2O/c1-2-18-8-11-4-3-5-14(17)15(11)20-10-13-7-6-12(16)9-19-13/h3-7,9,18H,2,8,10H2,1H3. The molecule has 5 heteroatoms. The minimum Gasteiger partial charge on any atom is -0.484 e. The average Bonchev–Trinajstić information content (AvgIpc) is 2.46. The molecule has 0 fully saturated rings. The largest absolute Gasteiger partial charge is 0.484 e. The van der Waals surface area contributed by atoms with Crippen LogP contribution >= 0.6 is 15.9 Å². The van der Waals surface area contributed by atoms with Crippen molar-refractivity contribution in [2.45, 2.75) is 20.1 Å². The van der Waals surface area contributed by atoms with E-state index in [4.69, 9.17) is 4.74 Å². The Balaban J connectivity index is 2.09. The van der Waals surface area contributed by atoms with Crippen molar-refractivity contribution >= 4 is 15.9 Å². The van der Waals surface area contributed by atoms with Crippen molar-refractivity contribution in [1.82, 2.24) is 10.3 Å². The Morgan fingerprint density at radius 2 is 2.15 bits per heavy atom. The second-order valence-electron chi connectivity index (χ2n) is 4.26. The van der Waals surface area contributed by atoms with E-state index in [9.17, 15) is 4.39 Å². The van der Waals surface area contributed by atoms with Crippen molar-refractivity contribution in [1.29, 1.82) is 0 Å². The Morgan fingerprint density at radius 3 is 2.85 bits per heavy atom. The van der Waals surface area contributed by atoms with Crippen LogP contribution in [0.4, 0.5) is 4.39 Å². The topological polar surface area (TPSA) is 34.1 Å². The Morgan fingerprint density at radius 1 is 1.30 bits per heavy atom. The molecule has 0 aliphatic rings. The summed E-state index contributed by atoms with van der Waals surface area (Å²) in [6.07, 6.45) is 1.69. The molecule has 1 aromatic heterocycles. The second-order valence-corrected chi connectivity index (χ2v) is 5.18. The Hall–Kier alpha value is -1.46. The monoisotopic (exact) mass is 338 g/mol. The van der Waals surface area contributed by atoms with Crippen LogP contribution in [0.2, 0.25) is 0 Å². The van der Waals surface area contributed by atoms with Crippen LogP contribution in [0.1, 0.15) is 18.2 Å². The lowest BCUT2D eigenvalue weighted by atomic mass is 10.2. The lowest BCUT2D eigenvalue weighted by Crippen LogP contribution is -2.13. The van der Waals surface area contributed by atoms with Gasteiger partial charge in [-0.05, 0) is 40.7 Å². The van der Waals surface area contributed by atoms with E-state index < -0.39 is 0 Å². The van der Waals surface area contributed by atoms with Crippen LogP contribution in [0.15, 0.2) is 41.0 Å². The lowest BCUT2D eigenvalue weighted by molar-refractivity contribution is 0.282. The number of nitrogens with one attached hydrogen (secondary N) is 1. The van der Waals surface area contributed by atoms with Gasteiger partial charge in [0.05, 0.1) is 5.69 Å². The highest BCUT2D eigenvalue weighted by molar-refractivity contribution is 9.10. The molecule has 0 aliphatic heterocycles. The van der Waals surface area contributed by atoms with Crippen molar-refractivity contribution in [3.63, 3.8) is 0 Å². The van der Waals surface area contributed by atoms with Gasteiger partial charge < -0.3 is 10.1 Å². The van der Waals surface area contributed by atoms with Gasteiger partial charge in [0, 0.05) is 22.8 Å². The third kappa shape index (κ3) is 4.02. The summed E-state index contributed by atoms with van der Waals surface area (Å²) in [6.45, 7) is 3.65. The number of hydrogen-bond donors (Lipinski definition) is 1. The van der Waals surface area contributed by atoms with Gasteiger partial charge in [-0.25, -0.2) is 4.39 Å². The summed E-state index contributed by atoms with van der Waals surface area (Å²) in [5, 5.41) is 3.17. The third-order valence-corrected chi connectivity index (χ3v) is 3.24. The van der Waals surface area contributed by atoms with Crippen molar-refractivity contribution in [2.75, 3.05) is 6.54 Å². The van der Waals surface area contributed by atoms with Crippen LogP contribution in [0, 0.1) is 5.82 Å². The molecule has 0 spiro atoms. The molecule has 1 aromatic carbocycles. The van der Waals surface area contributed by atoms with Crippen LogP contribution in [0.5, 0.6) is 5.75 Å². The number of hydrogen-bond acceptors (Lipinski definition) is 3. The molecule has 1 N–H and O–H groups in total. The zero-order valence-corrected chi connectivity index (χ0v) is 12.8. The summed E-state index contributed by atoms with van der Waals surface area (Å²) in [5.74, 6) is -0.0596. The number of nitrogens with zero attached hydrogens (tertiary/aromatic N) is 1. The first-order valence-electron chi connectivity index (χ1n) is 6.42. The van der Waals surface area contributed by atoms with Gasteiger partial charge in [-0.1, -0.05) is 19.1 Å². The van der Waals surface area contributed by atoms with Crippen LogP contribution in [-0.4, -0.2) is 11.5 Å². The molecule has 0 bridgehead atoms. The molecular formula is C15H16BrFN2O. The number of ether oxygens (including phenoxy) is 1. The number of benzene rings is 1. The average molecular weight is 339 g/mol. The first kappa shape index (κ1) is 14.9. The maximum Gasteiger partial charge on any atom is 0.165 e. The number of pyridine rings is 1. The van der Waals surface area contributed by atoms with Gasteiger partial charge in [0.25, 0.3) is 0 Å². The predicted molar refractivity (Wildman–Crippen MR) is 80.0 cm³/mol. The van der Waals surface area contributed by atoms with Crippen molar-refractivity contribution < 1.29 is 9.13 Å². The molecule has 0 saturated carbocycles. The molecule has 1 heterocycles. The number of para-hydroxylation sites is 1. The minimum absolute atomic E-state index is 0.243. The summed E-state index contributed by atoms with van der Waals surface area (Å²) in [4.78, 5) is 4.20. The Bertz CT molecular complexity index is 560. The molecule has 106 valence electrons. The predicted octanol–water partition coefficient (Wildman–Crippen LogP) is 3.67. The second kappa shape index (κ2) is 7.36. The van der Waals surface area contributed by atoms with Crippen LogP contribution in [0.25, 0.3) is 0 Å². The van der Waals surface area contributed by atoms with E-state index in [0.29, 0.717) is 6.54 Å². The SMILES string of the molecule is CCNCc1cccc(F)c1OCc1ccc(Br)cn1. The lowest BCUT2D eigenvalue weighted by Gasteiger charge is -2.12. The molecule has 0 unspecified atom stereocenters. The molecule has 0 atom stereocenters. The van der Waals surface area contributed by atoms with E-state index >= 15 is 0 Å². The molecule has 2 rings (SSSR count). The summed E-state index contributed by atoms with van der Waals surface area (Å²) in [6, 6.07) is 8.67. The van der Waals surface area contributed by atoms with E-state index in [-0.39, 0.29) is 18.2 Å². The number of aromatic nitrogens is 1. The third-order valence-electron chi connectivity index (χ3n) is 2.77. The van der Waals surface area contributed by atoms with Gasteiger partial charge in [-0.15, -0.1) is 0 Å². The molecule has 3 nitrogen and oxygen atoms in total. The fourth-order valence-corrected chi connectivity index (χ4v) is 1.99. The van der Waals surface area contributed by atoms with Crippen molar-refractivity contribution in [3.05, 3.63) is 58.1 Å². The van der Waals surface area contributed by atoms with Crippen molar-refractivity contribution in [3.8, 4) is 5.75 Å². The first-order chi connectivity index (χ1) is 9.70. The van der Waals surface area contributed by atoms with Gasteiger partial charge in [0.15, 0.2) is 11.6 Å². The summed E-state index contributed by atoms with van der Waals surface area (Å²) >= 11 is 3.32. The van der Waals surface area contributed by atoms with E-state index in [1.165, 1.54) is 6.07 Å². The molecular weight excluding hydrogens is 323 g/mol. The Labute approximate surface area is 126 Å². The first-order valence-corrected chi connectivity index (χ1v) is 7.21.